The molecule has 15 heavy (non-hydrogen) atoms. The number of hydrogen-bond donors (Lipinski definition) is 2. The summed E-state index contributed by atoms with van der Waals surface area (Å²) in [5.41, 5.74) is 2.08. The van der Waals surface area contributed by atoms with Gasteiger partial charge in [-0.2, -0.15) is 5.10 Å². The van der Waals surface area contributed by atoms with Crippen molar-refractivity contribution in [3.05, 3.63) is 17.5 Å². The van der Waals surface area contributed by atoms with E-state index in [9.17, 15) is 4.79 Å². The molecule has 0 aliphatic carbocycles. The van der Waals surface area contributed by atoms with Crippen molar-refractivity contribution in [1.82, 2.24) is 15.5 Å². The molecule has 1 aromatic rings. The monoisotopic (exact) mass is 225 g/mol. The predicted molar refractivity (Wildman–Crippen MR) is 60.7 cm³/mol. The third-order valence-corrected chi connectivity index (χ3v) is 3.99. The van der Waals surface area contributed by atoms with Crippen LogP contribution in [0.1, 0.15) is 24.1 Å². The zero-order valence-corrected chi connectivity index (χ0v) is 9.56. The van der Waals surface area contributed by atoms with Gasteiger partial charge in [-0.3, -0.25) is 9.89 Å². The minimum Gasteiger partial charge on any atom is -0.351 e. The second-order valence-electron chi connectivity index (χ2n) is 3.74. The van der Waals surface area contributed by atoms with Crippen LogP contribution in [0.2, 0.25) is 0 Å². The molecule has 0 spiro atoms. The molecule has 0 saturated carbocycles. The fourth-order valence-electron chi connectivity index (χ4n) is 1.63. The lowest BCUT2D eigenvalue weighted by Crippen LogP contribution is -2.30. The quantitative estimate of drug-likeness (QED) is 0.813. The Morgan fingerprint density at radius 3 is 3.27 bits per heavy atom. The van der Waals surface area contributed by atoms with Gasteiger partial charge in [-0.25, -0.2) is 0 Å². The Hall–Kier alpha value is -0.970. The first kappa shape index (κ1) is 10.5. The number of aromatic amines is 1. The summed E-state index contributed by atoms with van der Waals surface area (Å²) in [5.74, 6) is 1.28. The maximum Gasteiger partial charge on any atom is 0.233 e. The minimum atomic E-state index is 0.164. The van der Waals surface area contributed by atoms with Gasteiger partial charge in [-0.1, -0.05) is 0 Å². The highest BCUT2D eigenvalue weighted by Crippen LogP contribution is 2.26. The van der Waals surface area contributed by atoms with E-state index in [1.165, 1.54) is 0 Å². The molecule has 0 bridgehead atoms. The number of rotatable bonds is 3. The van der Waals surface area contributed by atoms with E-state index in [4.69, 9.17) is 0 Å². The number of nitrogens with one attached hydrogen (secondary N) is 2. The van der Waals surface area contributed by atoms with Gasteiger partial charge in [0.2, 0.25) is 5.91 Å². The lowest BCUT2D eigenvalue weighted by atomic mass is 10.2. The second kappa shape index (κ2) is 4.70. The van der Waals surface area contributed by atoms with Crippen molar-refractivity contribution >= 4 is 17.7 Å². The van der Waals surface area contributed by atoms with Crippen LogP contribution >= 0.6 is 11.8 Å². The molecule has 1 aliphatic rings. The third-order valence-electron chi connectivity index (χ3n) is 2.61. The first-order valence-electron chi connectivity index (χ1n) is 5.15. The number of amides is 1. The van der Waals surface area contributed by atoms with Crippen molar-refractivity contribution in [2.75, 3.05) is 5.75 Å². The van der Waals surface area contributed by atoms with E-state index in [1.807, 2.05) is 6.92 Å². The summed E-state index contributed by atoms with van der Waals surface area (Å²) in [5, 5.41) is 9.88. The number of carbonyl (C=O) groups is 1. The van der Waals surface area contributed by atoms with Gasteiger partial charge in [0.25, 0.3) is 0 Å². The van der Waals surface area contributed by atoms with Crippen LogP contribution in [0.5, 0.6) is 0 Å². The zero-order valence-electron chi connectivity index (χ0n) is 8.75. The molecule has 1 atom stereocenters. The molecule has 2 rings (SSSR count). The summed E-state index contributed by atoms with van der Waals surface area (Å²) in [4.78, 5) is 11.7. The first-order valence-corrected chi connectivity index (χ1v) is 6.20. The second-order valence-corrected chi connectivity index (χ2v) is 5.05. The van der Waals surface area contributed by atoms with Gasteiger partial charge in [0.05, 0.1) is 11.4 Å². The van der Waals surface area contributed by atoms with E-state index in [0.29, 0.717) is 6.54 Å². The van der Waals surface area contributed by atoms with Crippen molar-refractivity contribution in [2.24, 2.45) is 0 Å². The van der Waals surface area contributed by atoms with Crippen LogP contribution in [-0.4, -0.2) is 27.1 Å². The van der Waals surface area contributed by atoms with Crippen LogP contribution in [0.15, 0.2) is 6.20 Å². The summed E-state index contributed by atoms with van der Waals surface area (Å²) in [6, 6.07) is 0. The fraction of sp³-hybridized carbons (Fsp3) is 0.600. The first-order chi connectivity index (χ1) is 7.27. The molecule has 2 heterocycles. The lowest BCUT2D eigenvalue weighted by Gasteiger charge is -2.09. The molecule has 1 aliphatic heterocycles. The number of hydrogen-bond acceptors (Lipinski definition) is 3. The van der Waals surface area contributed by atoms with Crippen molar-refractivity contribution in [3.8, 4) is 0 Å². The maximum atomic E-state index is 11.7. The molecular weight excluding hydrogens is 210 g/mol. The minimum absolute atomic E-state index is 0.164. The molecule has 5 heteroatoms. The van der Waals surface area contributed by atoms with E-state index < -0.39 is 0 Å². The molecule has 2 N–H and O–H groups in total. The van der Waals surface area contributed by atoms with Crippen molar-refractivity contribution in [3.63, 3.8) is 0 Å². The number of nitrogens with zero attached hydrogens (tertiary/aromatic N) is 1. The lowest BCUT2D eigenvalue weighted by molar-refractivity contribution is -0.120. The van der Waals surface area contributed by atoms with E-state index in [0.717, 1.165) is 29.9 Å². The van der Waals surface area contributed by atoms with Gasteiger partial charge in [0.1, 0.15) is 0 Å². The smallest absolute Gasteiger partial charge is 0.233 e. The molecule has 1 saturated heterocycles. The molecule has 0 radical (unpaired) electrons. The Morgan fingerprint density at radius 2 is 2.67 bits per heavy atom. The maximum absolute atomic E-state index is 11.7. The average Bonchev–Trinajstić information content (AvgIpc) is 2.85. The molecule has 1 fully saturated rings. The van der Waals surface area contributed by atoms with Gasteiger partial charge < -0.3 is 5.32 Å². The van der Waals surface area contributed by atoms with Crippen molar-refractivity contribution in [2.45, 2.75) is 31.6 Å². The summed E-state index contributed by atoms with van der Waals surface area (Å²) in [7, 11) is 0. The summed E-state index contributed by atoms with van der Waals surface area (Å²) < 4.78 is 0. The molecule has 1 unspecified atom stereocenters. The largest absolute Gasteiger partial charge is 0.351 e. The fourth-order valence-corrected chi connectivity index (χ4v) is 2.82. The number of aromatic nitrogens is 2. The van der Waals surface area contributed by atoms with E-state index in [1.54, 1.807) is 18.0 Å². The summed E-state index contributed by atoms with van der Waals surface area (Å²) in [6.07, 6.45) is 3.94. The molecule has 82 valence electrons. The summed E-state index contributed by atoms with van der Waals surface area (Å²) >= 11 is 1.76. The average molecular weight is 225 g/mol. The Kier molecular flexibility index (Phi) is 3.30. The standard InChI is InChI=1S/C10H15N3OS/c1-7-8(6-12-13-7)5-11-10(14)9-3-2-4-15-9/h6,9H,2-5H2,1H3,(H,11,14)(H,12,13). The van der Waals surface area contributed by atoms with Crippen LogP contribution in [0, 0.1) is 6.92 Å². The van der Waals surface area contributed by atoms with Gasteiger partial charge >= 0.3 is 0 Å². The van der Waals surface area contributed by atoms with Crippen LogP contribution < -0.4 is 5.32 Å². The number of thioether (sulfide) groups is 1. The Morgan fingerprint density at radius 1 is 1.80 bits per heavy atom. The zero-order chi connectivity index (χ0) is 10.7. The highest BCUT2D eigenvalue weighted by atomic mass is 32.2. The Labute approximate surface area is 93.2 Å². The van der Waals surface area contributed by atoms with Gasteiger partial charge in [0.15, 0.2) is 0 Å². The van der Waals surface area contributed by atoms with Crippen LogP contribution in [0.25, 0.3) is 0 Å². The normalized spacial score (nSPS) is 20.5. The number of carbonyl (C=O) groups excluding carboxylic acids is 1. The van der Waals surface area contributed by atoms with E-state index >= 15 is 0 Å². The molecule has 1 aromatic heterocycles. The predicted octanol–water partition coefficient (Wildman–Crippen LogP) is 1.23. The van der Waals surface area contributed by atoms with Gasteiger partial charge in [-0.05, 0) is 25.5 Å². The third kappa shape index (κ3) is 2.53. The highest BCUT2D eigenvalue weighted by molar-refractivity contribution is 8.00. The molecular formula is C10H15N3OS. The van der Waals surface area contributed by atoms with Crippen molar-refractivity contribution in [1.29, 1.82) is 0 Å². The highest BCUT2D eigenvalue weighted by Gasteiger charge is 2.22. The summed E-state index contributed by atoms with van der Waals surface area (Å²) in [6.45, 7) is 2.54. The SMILES string of the molecule is Cc1[nH]ncc1CNC(=O)C1CCCS1. The van der Waals surface area contributed by atoms with Crippen LogP contribution in [-0.2, 0) is 11.3 Å². The van der Waals surface area contributed by atoms with Crippen molar-refractivity contribution < 1.29 is 4.79 Å². The van der Waals surface area contributed by atoms with Gasteiger partial charge in [-0.15, -0.1) is 11.8 Å². The topological polar surface area (TPSA) is 57.8 Å². The molecule has 1 amide bonds. The molecule has 0 aromatic carbocycles. The van der Waals surface area contributed by atoms with Gasteiger partial charge in [0, 0.05) is 17.8 Å². The van der Waals surface area contributed by atoms with E-state index in [-0.39, 0.29) is 11.2 Å². The Balaban J connectivity index is 1.83. The Bertz CT molecular complexity index is 344. The van der Waals surface area contributed by atoms with E-state index in [2.05, 4.69) is 15.5 Å². The van der Waals surface area contributed by atoms with Crippen LogP contribution in [0.3, 0.4) is 0 Å². The van der Waals surface area contributed by atoms with Crippen LogP contribution in [0.4, 0.5) is 0 Å². The number of H-pyrrole nitrogens is 1. The number of aryl methyl sites for hydroxylation is 1. The molecule has 4 nitrogen and oxygen atoms in total.